The number of ether oxygens (including phenoxy) is 3. The van der Waals surface area contributed by atoms with Crippen molar-refractivity contribution in [1.82, 2.24) is 14.5 Å². The van der Waals surface area contributed by atoms with Gasteiger partial charge in [0.15, 0.2) is 11.5 Å². The molecule has 4 rings (SSSR count). The molecule has 7 heteroatoms. The van der Waals surface area contributed by atoms with E-state index in [1.807, 2.05) is 24.7 Å². The number of hydrogen-bond donors (Lipinski definition) is 0. The smallest absolute Gasteiger partial charge is 0.164 e. The van der Waals surface area contributed by atoms with Crippen LogP contribution < -0.4 is 14.2 Å². The number of rotatable bonds is 5. The molecule has 2 aromatic rings. The number of nitrogens with zero attached hydrogens (tertiary/aromatic N) is 3. The quantitative estimate of drug-likeness (QED) is 0.749. The maximum Gasteiger partial charge on any atom is 0.164 e. The molecule has 2 aliphatic rings. The molecule has 1 saturated heterocycles. The molecule has 3 heterocycles. The van der Waals surface area contributed by atoms with Gasteiger partial charge >= 0.3 is 0 Å². The van der Waals surface area contributed by atoms with Crippen LogP contribution in [0.25, 0.3) is 11.3 Å². The molecule has 6 nitrogen and oxygen atoms in total. The Morgan fingerprint density at radius 3 is 2.50 bits per heavy atom. The van der Waals surface area contributed by atoms with Gasteiger partial charge in [0.25, 0.3) is 0 Å². The van der Waals surface area contributed by atoms with E-state index in [1.54, 1.807) is 7.11 Å². The molecule has 1 aromatic carbocycles. The SMILES string of the molecule is COc1cc2c(cc1-c1cncn1CC(C)N1CCCCC1)OCCCO2.Cl. The lowest BCUT2D eigenvalue weighted by atomic mass is 10.1. The van der Waals surface area contributed by atoms with Crippen LogP contribution in [0.15, 0.2) is 24.7 Å². The summed E-state index contributed by atoms with van der Waals surface area (Å²) < 4.78 is 19.6. The third-order valence-electron chi connectivity index (χ3n) is 5.53. The summed E-state index contributed by atoms with van der Waals surface area (Å²) in [7, 11) is 1.69. The molecular weight excluding hydrogens is 378 g/mol. The van der Waals surface area contributed by atoms with Gasteiger partial charge in [-0.2, -0.15) is 0 Å². The van der Waals surface area contributed by atoms with Crippen molar-refractivity contribution in [3.8, 4) is 28.5 Å². The highest BCUT2D eigenvalue weighted by Crippen LogP contribution is 2.41. The van der Waals surface area contributed by atoms with E-state index < -0.39 is 0 Å². The van der Waals surface area contributed by atoms with Crippen LogP contribution in [0.4, 0.5) is 0 Å². The van der Waals surface area contributed by atoms with E-state index in [9.17, 15) is 0 Å². The molecule has 0 N–H and O–H groups in total. The van der Waals surface area contributed by atoms with Crippen LogP contribution in [0.1, 0.15) is 32.6 Å². The summed E-state index contributed by atoms with van der Waals surface area (Å²) in [5, 5.41) is 0. The third kappa shape index (κ3) is 4.39. The van der Waals surface area contributed by atoms with Gasteiger partial charge in [-0.1, -0.05) is 6.42 Å². The lowest BCUT2D eigenvalue weighted by Crippen LogP contribution is -2.39. The van der Waals surface area contributed by atoms with E-state index >= 15 is 0 Å². The number of likely N-dealkylation sites (tertiary alicyclic amines) is 1. The molecule has 0 radical (unpaired) electrons. The van der Waals surface area contributed by atoms with Crippen molar-refractivity contribution in [3.63, 3.8) is 0 Å². The van der Waals surface area contributed by atoms with E-state index in [1.165, 1.54) is 32.4 Å². The number of piperidine rings is 1. The fourth-order valence-corrected chi connectivity index (χ4v) is 4.01. The summed E-state index contributed by atoms with van der Waals surface area (Å²) in [6, 6.07) is 4.43. The molecule has 0 saturated carbocycles. The minimum atomic E-state index is 0. The number of imidazole rings is 1. The normalized spacial score (nSPS) is 18.1. The second-order valence-electron chi connectivity index (χ2n) is 7.43. The second-order valence-corrected chi connectivity index (χ2v) is 7.43. The molecule has 154 valence electrons. The molecule has 0 bridgehead atoms. The number of methoxy groups -OCH3 is 1. The standard InChI is InChI=1S/C21H29N3O3.ClH/c1-16(23-7-4-3-5-8-23)14-24-15-22-13-18(24)17-11-20-21(12-19(17)25-2)27-10-6-9-26-20;/h11-13,15-16H,3-10,14H2,1-2H3;1H. The van der Waals surface area contributed by atoms with Crippen LogP contribution >= 0.6 is 12.4 Å². The van der Waals surface area contributed by atoms with Crippen LogP contribution in [-0.4, -0.2) is 53.9 Å². The zero-order chi connectivity index (χ0) is 18.6. The third-order valence-corrected chi connectivity index (χ3v) is 5.53. The Morgan fingerprint density at radius 1 is 1.07 bits per heavy atom. The van der Waals surface area contributed by atoms with Crippen molar-refractivity contribution in [1.29, 1.82) is 0 Å². The van der Waals surface area contributed by atoms with Crippen LogP contribution in [0, 0.1) is 0 Å². The number of fused-ring (bicyclic) bond motifs is 1. The van der Waals surface area contributed by atoms with Crippen molar-refractivity contribution in [3.05, 3.63) is 24.7 Å². The van der Waals surface area contributed by atoms with Crippen LogP contribution in [-0.2, 0) is 6.54 Å². The molecule has 2 aliphatic heterocycles. The molecule has 0 spiro atoms. The van der Waals surface area contributed by atoms with Crippen molar-refractivity contribution in [2.75, 3.05) is 33.4 Å². The topological polar surface area (TPSA) is 48.8 Å². The van der Waals surface area contributed by atoms with Gasteiger partial charge in [-0.25, -0.2) is 4.98 Å². The fraction of sp³-hybridized carbons (Fsp3) is 0.571. The number of hydrogen-bond acceptors (Lipinski definition) is 5. The first kappa shape index (κ1) is 20.8. The van der Waals surface area contributed by atoms with Crippen molar-refractivity contribution in [2.45, 2.75) is 45.2 Å². The Labute approximate surface area is 173 Å². The maximum atomic E-state index is 5.88. The lowest BCUT2D eigenvalue weighted by Gasteiger charge is -2.32. The minimum absolute atomic E-state index is 0. The van der Waals surface area contributed by atoms with E-state index in [2.05, 4.69) is 21.4 Å². The van der Waals surface area contributed by atoms with Crippen molar-refractivity contribution >= 4 is 12.4 Å². The highest BCUT2D eigenvalue weighted by molar-refractivity contribution is 5.85. The minimum Gasteiger partial charge on any atom is -0.496 e. The van der Waals surface area contributed by atoms with E-state index in [4.69, 9.17) is 14.2 Å². The number of aromatic nitrogens is 2. The van der Waals surface area contributed by atoms with Gasteiger partial charge in [0.1, 0.15) is 5.75 Å². The molecule has 0 aliphatic carbocycles. The first-order valence-corrected chi connectivity index (χ1v) is 9.98. The first-order chi connectivity index (χ1) is 13.3. The Kier molecular flexibility index (Phi) is 7.08. The molecule has 28 heavy (non-hydrogen) atoms. The Bertz CT molecular complexity index is 774. The van der Waals surface area contributed by atoms with Gasteiger partial charge in [-0.05, 0) is 38.9 Å². The van der Waals surface area contributed by atoms with Crippen LogP contribution in [0.2, 0.25) is 0 Å². The number of benzene rings is 1. The average molecular weight is 408 g/mol. The lowest BCUT2D eigenvalue weighted by molar-refractivity contribution is 0.160. The van der Waals surface area contributed by atoms with Crippen molar-refractivity contribution in [2.24, 2.45) is 0 Å². The highest BCUT2D eigenvalue weighted by Gasteiger charge is 2.21. The molecule has 1 aromatic heterocycles. The van der Waals surface area contributed by atoms with Gasteiger partial charge in [0.05, 0.1) is 38.5 Å². The summed E-state index contributed by atoms with van der Waals surface area (Å²) in [5.41, 5.74) is 2.04. The summed E-state index contributed by atoms with van der Waals surface area (Å²) in [6.07, 6.45) is 8.67. The largest absolute Gasteiger partial charge is 0.496 e. The molecule has 0 amide bonds. The van der Waals surface area contributed by atoms with Crippen molar-refractivity contribution < 1.29 is 14.2 Å². The monoisotopic (exact) mass is 407 g/mol. The van der Waals surface area contributed by atoms with E-state index in [0.717, 1.165) is 41.5 Å². The van der Waals surface area contributed by atoms with E-state index in [-0.39, 0.29) is 12.4 Å². The summed E-state index contributed by atoms with van der Waals surface area (Å²) in [4.78, 5) is 7.00. The first-order valence-electron chi connectivity index (χ1n) is 9.98. The molecular formula is C21H30ClN3O3. The predicted octanol–water partition coefficient (Wildman–Crippen LogP) is 4.02. The average Bonchev–Trinajstić information content (AvgIpc) is 3.03. The van der Waals surface area contributed by atoms with Gasteiger partial charge in [-0.3, -0.25) is 4.90 Å². The van der Waals surface area contributed by atoms with Gasteiger partial charge in [0.2, 0.25) is 0 Å². The highest BCUT2D eigenvalue weighted by atomic mass is 35.5. The molecule has 1 atom stereocenters. The second kappa shape index (κ2) is 9.52. The Morgan fingerprint density at radius 2 is 1.79 bits per heavy atom. The number of halogens is 1. The Hall–Kier alpha value is -1.92. The summed E-state index contributed by atoms with van der Waals surface area (Å²) in [5.74, 6) is 2.31. The summed E-state index contributed by atoms with van der Waals surface area (Å²) >= 11 is 0. The zero-order valence-corrected chi connectivity index (χ0v) is 17.5. The molecule has 1 unspecified atom stereocenters. The van der Waals surface area contributed by atoms with E-state index in [0.29, 0.717) is 19.3 Å². The van der Waals surface area contributed by atoms with Gasteiger partial charge < -0.3 is 18.8 Å². The zero-order valence-electron chi connectivity index (χ0n) is 16.7. The summed E-state index contributed by atoms with van der Waals surface area (Å²) in [6.45, 7) is 6.94. The van der Waals surface area contributed by atoms with Crippen LogP contribution in [0.5, 0.6) is 17.2 Å². The molecule has 1 fully saturated rings. The Balaban J connectivity index is 0.00000225. The van der Waals surface area contributed by atoms with Gasteiger partial charge in [0, 0.05) is 30.6 Å². The maximum absolute atomic E-state index is 5.88. The van der Waals surface area contributed by atoms with Crippen LogP contribution in [0.3, 0.4) is 0 Å². The predicted molar refractivity (Wildman–Crippen MR) is 112 cm³/mol. The fourth-order valence-electron chi connectivity index (χ4n) is 4.01. The van der Waals surface area contributed by atoms with Gasteiger partial charge in [-0.15, -0.1) is 12.4 Å².